The van der Waals surface area contributed by atoms with Gasteiger partial charge < -0.3 is 5.11 Å². The van der Waals surface area contributed by atoms with Crippen molar-refractivity contribution in [2.75, 3.05) is 19.6 Å². The highest BCUT2D eigenvalue weighted by Crippen LogP contribution is 2.45. The topological polar surface area (TPSA) is 26.7 Å². The van der Waals surface area contributed by atoms with Gasteiger partial charge in [0.1, 0.15) is 5.75 Å². The van der Waals surface area contributed by atoms with Gasteiger partial charge in [-0.3, -0.25) is 9.80 Å². The second-order valence-corrected chi connectivity index (χ2v) is 10.0. The first kappa shape index (κ1) is 21.2. The van der Waals surface area contributed by atoms with Crippen molar-refractivity contribution >= 4 is 0 Å². The van der Waals surface area contributed by atoms with Crippen LogP contribution >= 0.6 is 0 Å². The summed E-state index contributed by atoms with van der Waals surface area (Å²) in [5.74, 6) is 0.898. The molecule has 3 aromatic rings. The first-order valence-electron chi connectivity index (χ1n) is 11.9. The first-order chi connectivity index (χ1) is 15.5. The number of hydrogen-bond acceptors (Lipinski definition) is 3. The van der Waals surface area contributed by atoms with Crippen LogP contribution in [0.1, 0.15) is 43.0 Å². The lowest BCUT2D eigenvalue weighted by atomic mass is 9.65. The zero-order valence-electron chi connectivity index (χ0n) is 19.2. The monoisotopic (exact) mass is 426 g/mol. The molecule has 2 aliphatic heterocycles. The van der Waals surface area contributed by atoms with Crippen LogP contribution in [0, 0.1) is 5.92 Å². The summed E-state index contributed by atoms with van der Waals surface area (Å²) in [5, 5.41) is 10.1. The number of piperazine rings is 1. The third kappa shape index (κ3) is 4.07. The SMILES string of the molecule is CC1CN2CC(c3ccccc3)N(Cc3ccccc3)CC2C[C@@]1(C)c1cccc(O)c1. The van der Waals surface area contributed by atoms with Gasteiger partial charge in [0.15, 0.2) is 0 Å². The molecule has 0 spiro atoms. The molecule has 3 unspecified atom stereocenters. The van der Waals surface area contributed by atoms with Crippen molar-refractivity contribution in [3.05, 3.63) is 102 Å². The summed E-state index contributed by atoms with van der Waals surface area (Å²) in [7, 11) is 0. The second kappa shape index (κ2) is 8.73. The maximum atomic E-state index is 10.1. The minimum absolute atomic E-state index is 0.0674. The molecule has 2 fully saturated rings. The van der Waals surface area contributed by atoms with Gasteiger partial charge in [-0.15, -0.1) is 0 Å². The molecule has 0 amide bonds. The van der Waals surface area contributed by atoms with Crippen molar-refractivity contribution in [3.8, 4) is 5.75 Å². The standard InChI is InChI=1S/C29H34N2O/c1-22-18-30-21-28(24-12-7-4-8-13-24)31(19-23-10-5-3-6-11-23)20-26(30)17-29(22,2)25-14-9-15-27(32)16-25/h3-16,22,26,28,32H,17-21H2,1-2H3/t22?,26?,28?,29-/m1/s1. The highest BCUT2D eigenvalue weighted by molar-refractivity contribution is 5.34. The number of nitrogens with zero attached hydrogens (tertiary/aromatic N) is 2. The van der Waals surface area contributed by atoms with E-state index in [-0.39, 0.29) is 5.41 Å². The van der Waals surface area contributed by atoms with E-state index < -0.39 is 0 Å². The van der Waals surface area contributed by atoms with Gasteiger partial charge in [0.2, 0.25) is 0 Å². The lowest BCUT2D eigenvalue weighted by molar-refractivity contribution is -0.0351. The number of phenolic OH excluding ortho intramolecular Hbond substituents is 1. The second-order valence-electron chi connectivity index (χ2n) is 10.0. The molecule has 3 aromatic carbocycles. The van der Waals surface area contributed by atoms with Gasteiger partial charge in [0.05, 0.1) is 0 Å². The van der Waals surface area contributed by atoms with Crippen LogP contribution in [0.4, 0.5) is 0 Å². The predicted octanol–water partition coefficient (Wildman–Crippen LogP) is 5.62. The minimum Gasteiger partial charge on any atom is -0.508 e. The Morgan fingerprint density at radius 2 is 1.59 bits per heavy atom. The highest BCUT2D eigenvalue weighted by atomic mass is 16.3. The van der Waals surface area contributed by atoms with E-state index in [1.807, 2.05) is 12.1 Å². The molecule has 0 bridgehead atoms. The molecule has 0 radical (unpaired) electrons. The van der Waals surface area contributed by atoms with Crippen LogP contribution in [-0.4, -0.2) is 40.6 Å². The number of fused-ring (bicyclic) bond motifs is 1. The summed E-state index contributed by atoms with van der Waals surface area (Å²) >= 11 is 0. The van der Waals surface area contributed by atoms with E-state index in [4.69, 9.17) is 0 Å². The summed E-state index contributed by atoms with van der Waals surface area (Å²) in [6, 6.07) is 30.7. The van der Waals surface area contributed by atoms with Crippen molar-refractivity contribution in [3.63, 3.8) is 0 Å². The molecular weight excluding hydrogens is 392 g/mol. The lowest BCUT2D eigenvalue weighted by Crippen LogP contribution is -2.61. The number of phenols is 1. The Bertz CT molecular complexity index is 1040. The van der Waals surface area contributed by atoms with Crippen molar-refractivity contribution < 1.29 is 5.11 Å². The Kier molecular flexibility index (Phi) is 5.79. The molecule has 2 aliphatic rings. The third-order valence-electron chi connectivity index (χ3n) is 7.98. The van der Waals surface area contributed by atoms with E-state index in [0.717, 1.165) is 32.6 Å². The van der Waals surface area contributed by atoms with Crippen LogP contribution in [0.2, 0.25) is 0 Å². The summed E-state index contributed by atoms with van der Waals surface area (Å²) in [6.07, 6.45) is 1.12. The van der Waals surface area contributed by atoms with Crippen LogP contribution < -0.4 is 0 Å². The van der Waals surface area contributed by atoms with E-state index in [2.05, 4.69) is 90.4 Å². The molecule has 3 heteroatoms. The Morgan fingerprint density at radius 1 is 0.875 bits per heavy atom. The molecule has 166 valence electrons. The largest absolute Gasteiger partial charge is 0.508 e. The predicted molar refractivity (Wildman–Crippen MR) is 131 cm³/mol. The molecular formula is C29H34N2O. The number of piperidine rings is 1. The van der Waals surface area contributed by atoms with E-state index in [1.54, 1.807) is 6.07 Å². The summed E-state index contributed by atoms with van der Waals surface area (Å²) in [6.45, 7) is 8.99. The zero-order chi connectivity index (χ0) is 22.1. The van der Waals surface area contributed by atoms with Gasteiger partial charge in [-0.25, -0.2) is 0 Å². The van der Waals surface area contributed by atoms with Crippen LogP contribution in [0.5, 0.6) is 5.75 Å². The zero-order valence-corrected chi connectivity index (χ0v) is 19.2. The molecule has 0 saturated carbocycles. The fourth-order valence-corrected chi connectivity index (χ4v) is 5.91. The van der Waals surface area contributed by atoms with Crippen LogP contribution in [0.3, 0.4) is 0 Å². The van der Waals surface area contributed by atoms with Gasteiger partial charge in [0, 0.05) is 38.3 Å². The molecule has 32 heavy (non-hydrogen) atoms. The summed E-state index contributed by atoms with van der Waals surface area (Å²) in [4.78, 5) is 5.42. The normalized spacial score (nSPS) is 28.9. The Balaban J connectivity index is 1.44. The smallest absolute Gasteiger partial charge is 0.115 e. The molecule has 3 nitrogen and oxygen atoms in total. The quantitative estimate of drug-likeness (QED) is 0.587. The lowest BCUT2D eigenvalue weighted by Gasteiger charge is -2.55. The number of aromatic hydroxyl groups is 1. The minimum atomic E-state index is 0.0674. The number of benzene rings is 3. The van der Waals surface area contributed by atoms with E-state index >= 15 is 0 Å². The summed E-state index contributed by atoms with van der Waals surface area (Å²) < 4.78 is 0. The molecule has 1 N–H and O–H groups in total. The van der Waals surface area contributed by atoms with Gasteiger partial charge in [-0.2, -0.15) is 0 Å². The molecule has 4 atom stereocenters. The van der Waals surface area contributed by atoms with Gasteiger partial charge in [0.25, 0.3) is 0 Å². The van der Waals surface area contributed by atoms with Gasteiger partial charge >= 0.3 is 0 Å². The molecule has 5 rings (SSSR count). The van der Waals surface area contributed by atoms with E-state index in [9.17, 15) is 5.11 Å². The van der Waals surface area contributed by atoms with Gasteiger partial charge in [-0.05, 0) is 46.6 Å². The Labute approximate surface area is 192 Å². The first-order valence-corrected chi connectivity index (χ1v) is 11.9. The van der Waals surface area contributed by atoms with Crippen LogP contribution in [0.25, 0.3) is 0 Å². The van der Waals surface area contributed by atoms with E-state index in [1.165, 1.54) is 16.7 Å². The number of rotatable bonds is 4. The summed E-state index contributed by atoms with van der Waals surface area (Å²) in [5.41, 5.74) is 4.12. The van der Waals surface area contributed by atoms with Crippen LogP contribution in [-0.2, 0) is 12.0 Å². The van der Waals surface area contributed by atoms with Crippen molar-refractivity contribution in [1.29, 1.82) is 0 Å². The van der Waals surface area contributed by atoms with Crippen molar-refractivity contribution in [1.82, 2.24) is 9.80 Å². The van der Waals surface area contributed by atoms with Crippen LogP contribution in [0.15, 0.2) is 84.9 Å². The average Bonchev–Trinajstić information content (AvgIpc) is 2.81. The molecule has 2 heterocycles. The Morgan fingerprint density at radius 3 is 2.31 bits per heavy atom. The molecule has 0 aromatic heterocycles. The fourth-order valence-electron chi connectivity index (χ4n) is 5.91. The third-order valence-corrected chi connectivity index (χ3v) is 7.98. The maximum absolute atomic E-state index is 10.1. The average molecular weight is 427 g/mol. The van der Waals surface area contributed by atoms with Crippen molar-refractivity contribution in [2.24, 2.45) is 5.92 Å². The fraction of sp³-hybridized carbons (Fsp3) is 0.379. The number of hydrogen-bond donors (Lipinski definition) is 1. The van der Waals surface area contributed by atoms with Crippen molar-refractivity contribution in [2.45, 2.75) is 44.3 Å². The molecule has 2 saturated heterocycles. The highest BCUT2D eigenvalue weighted by Gasteiger charge is 2.46. The maximum Gasteiger partial charge on any atom is 0.115 e. The van der Waals surface area contributed by atoms with E-state index in [0.29, 0.717) is 23.8 Å². The Hall–Kier alpha value is -2.62. The van der Waals surface area contributed by atoms with Gasteiger partial charge in [-0.1, -0.05) is 86.6 Å². The molecule has 0 aliphatic carbocycles.